The van der Waals surface area contributed by atoms with Crippen LogP contribution in [-0.2, 0) is 4.79 Å². The molecule has 3 rings (SSSR count). The van der Waals surface area contributed by atoms with Gasteiger partial charge in [-0.3, -0.25) is 4.79 Å². The van der Waals surface area contributed by atoms with Crippen LogP contribution in [0.3, 0.4) is 0 Å². The standard InChI is InChI=1S/C13H14N4O2/c18-13(4-3-12-2-1-9-19-12)16-7-5-11(10-16)17-8-6-14-15-17/h1-4,6,8-9,11H,5,7,10H2/b4-3+. The maximum atomic E-state index is 12.0. The van der Waals surface area contributed by atoms with Gasteiger partial charge in [-0.1, -0.05) is 5.21 Å². The minimum Gasteiger partial charge on any atom is -0.465 e. The molecule has 0 bridgehead atoms. The lowest BCUT2D eigenvalue weighted by molar-refractivity contribution is -0.125. The second-order valence-corrected chi connectivity index (χ2v) is 4.46. The highest BCUT2D eigenvalue weighted by atomic mass is 16.3. The molecule has 0 saturated carbocycles. The highest BCUT2D eigenvalue weighted by molar-refractivity contribution is 5.91. The molecule has 98 valence electrons. The Morgan fingerprint density at radius 1 is 1.53 bits per heavy atom. The molecule has 19 heavy (non-hydrogen) atoms. The largest absolute Gasteiger partial charge is 0.465 e. The van der Waals surface area contributed by atoms with Gasteiger partial charge in [0.2, 0.25) is 5.91 Å². The monoisotopic (exact) mass is 258 g/mol. The Bertz CT molecular complexity index is 559. The van der Waals surface area contributed by atoms with E-state index in [0.29, 0.717) is 12.3 Å². The number of aromatic nitrogens is 3. The third-order valence-electron chi connectivity index (χ3n) is 3.22. The predicted molar refractivity (Wildman–Crippen MR) is 68.0 cm³/mol. The summed E-state index contributed by atoms with van der Waals surface area (Å²) in [4.78, 5) is 13.8. The van der Waals surface area contributed by atoms with Gasteiger partial charge >= 0.3 is 0 Å². The maximum absolute atomic E-state index is 12.0. The molecule has 6 heteroatoms. The van der Waals surface area contributed by atoms with Gasteiger partial charge in [-0.15, -0.1) is 5.10 Å². The van der Waals surface area contributed by atoms with E-state index >= 15 is 0 Å². The number of hydrogen-bond acceptors (Lipinski definition) is 4. The van der Waals surface area contributed by atoms with Gasteiger partial charge in [0.25, 0.3) is 0 Å². The van der Waals surface area contributed by atoms with Crippen LogP contribution in [0.15, 0.2) is 41.3 Å². The number of likely N-dealkylation sites (tertiary alicyclic amines) is 1. The van der Waals surface area contributed by atoms with Gasteiger partial charge in [-0.25, -0.2) is 4.68 Å². The highest BCUT2D eigenvalue weighted by Crippen LogP contribution is 2.20. The summed E-state index contributed by atoms with van der Waals surface area (Å²) < 4.78 is 6.96. The molecule has 1 saturated heterocycles. The summed E-state index contributed by atoms with van der Waals surface area (Å²) >= 11 is 0. The third kappa shape index (κ3) is 2.57. The highest BCUT2D eigenvalue weighted by Gasteiger charge is 2.26. The van der Waals surface area contributed by atoms with E-state index in [-0.39, 0.29) is 11.9 Å². The Morgan fingerprint density at radius 3 is 3.21 bits per heavy atom. The second-order valence-electron chi connectivity index (χ2n) is 4.46. The lowest BCUT2D eigenvalue weighted by Gasteiger charge is -2.14. The van der Waals surface area contributed by atoms with E-state index in [1.54, 1.807) is 30.7 Å². The number of carbonyl (C=O) groups excluding carboxylic acids is 1. The third-order valence-corrected chi connectivity index (χ3v) is 3.22. The van der Waals surface area contributed by atoms with Crippen molar-refractivity contribution in [1.82, 2.24) is 19.9 Å². The van der Waals surface area contributed by atoms with Crippen LogP contribution in [0.1, 0.15) is 18.2 Å². The fraction of sp³-hybridized carbons (Fsp3) is 0.308. The topological polar surface area (TPSA) is 64.2 Å². The molecule has 2 aromatic rings. The quantitative estimate of drug-likeness (QED) is 0.780. The maximum Gasteiger partial charge on any atom is 0.246 e. The summed E-state index contributed by atoms with van der Waals surface area (Å²) in [6, 6.07) is 3.83. The fourth-order valence-corrected chi connectivity index (χ4v) is 2.21. The number of hydrogen-bond donors (Lipinski definition) is 0. The number of carbonyl (C=O) groups is 1. The smallest absolute Gasteiger partial charge is 0.246 e. The van der Waals surface area contributed by atoms with Crippen LogP contribution in [0.25, 0.3) is 6.08 Å². The van der Waals surface area contributed by atoms with Crippen LogP contribution >= 0.6 is 0 Å². The molecule has 3 heterocycles. The van der Waals surface area contributed by atoms with Crippen molar-refractivity contribution in [2.45, 2.75) is 12.5 Å². The first-order valence-electron chi connectivity index (χ1n) is 6.19. The van der Waals surface area contributed by atoms with Crippen LogP contribution in [0, 0.1) is 0 Å². The zero-order chi connectivity index (χ0) is 13.1. The molecule has 0 spiro atoms. The zero-order valence-corrected chi connectivity index (χ0v) is 10.3. The van der Waals surface area contributed by atoms with Crippen molar-refractivity contribution in [3.63, 3.8) is 0 Å². The fourth-order valence-electron chi connectivity index (χ4n) is 2.21. The van der Waals surface area contributed by atoms with E-state index in [2.05, 4.69) is 10.3 Å². The lowest BCUT2D eigenvalue weighted by Crippen LogP contribution is -2.27. The van der Waals surface area contributed by atoms with Crippen molar-refractivity contribution in [2.75, 3.05) is 13.1 Å². The average molecular weight is 258 g/mol. The first-order chi connectivity index (χ1) is 9.33. The Morgan fingerprint density at radius 2 is 2.47 bits per heavy atom. The van der Waals surface area contributed by atoms with Crippen LogP contribution in [0.4, 0.5) is 0 Å². The molecule has 1 aliphatic heterocycles. The lowest BCUT2D eigenvalue weighted by atomic mass is 10.3. The molecular weight excluding hydrogens is 244 g/mol. The zero-order valence-electron chi connectivity index (χ0n) is 10.3. The minimum atomic E-state index is -0.000912. The summed E-state index contributed by atoms with van der Waals surface area (Å²) in [5, 5.41) is 7.76. The van der Waals surface area contributed by atoms with Crippen LogP contribution in [0.5, 0.6) is 0 Å². The van der Waals surface area contributed by atoms with Gasteiger partial charge in [0, 0.05) is 25.4 Å². The van der Waals surface area contributed by atoms with Crippen molar-refractivity contribution in [2.24, 2.45) is 0 Å². The molecule has 0 radical (unpaired) electrons. The van der Waals surface area contributed by atoms with Crippen LogP contribution < -0.4 is 0 Å². The Hall–Kier alpha value is -2.37. The van der Waals surface area contributed by atoms with Crippen LogP contribution in [-0.4, -0.2) is 38.9 Å². The Balaban J connectivity index is 1.60. The number of nitrogens with zero attached hydrogens (tertiary/aromatic N) is 4. The second kappa shape index (κ2) is 5.09. The molecule has 1 fully saturated rings. The van der Waals surface area contributed by atoms with E-state index in [0.717, 1.165) is 13.0 Å². The number of amides is 1. The van der Waals surface area contributed by atoms with Crippen molar-refractivity contribution in [3.8, 4) is 0 Å². The normalized spacial score (nSPS) is 19.4. The van der Waals surface area contributed by atoms with Gasteiger partial charge in [-0.2, -0.15) is 0 Å². The van der Waals surface area contributed by atoms with Crippen LogP contribution in [0.2, 0.25) is 0 Å². The van der Waals surface area contributed by atoms with Gasteiger partial charge in [0.15, 0.2) is 0 Å². The predicted octanol–water partition coefficient (Wildman–Crippen LogP) is 1.36. The first-order valence-corrected chi connectivity index (χ1v) is 6.19. The molecule has 2 aromatic heterocycles. The van der Waals surface area contributed by atoms with E-state index in [1.165, 1.54) is 0 Å². The van der Waals surface area contributed by atoms with Crippen molar-refractivity contribution >= 4 is 12.0 Å². The van der Waals surface area contributed by atoms with E-state index in [1.807, 2.05) is 21.8 Å². The first kappa shape index (κ1) is 11.7. The Kier molecular flexibility index (Phi) is 3.14. The summed E-state index contributed by atoms with van der Waals surface area (Å²) in [6.45, 7) is 1.41. The van der Waals surface area contributed by atoms with E-state index < -0.39 is 0 Å². The van der Waals surface area contributed by atoms with Gasteiger partial charge in [0.05, 0.1) is 18.5 Å². The summed E-state index contributed by atoms with van der Waals surface area (Å²) in [5.41, 5.74) is 0. The molecule has 0 N–H and O–H groups in total. The molecule has 1 aliphatic rings. The molecule has 1 amide bonds. The number of rotatable bonds is 3. The van der Waals surface area contributed by atoms with Crippen molar-refractivity contribution in [1.29, 1.82) is 0 Å². The summed E-state index contributed by atoms with van der Waals surface area (Å²) in [7, 11) is 0. The molecular formula is C13H14N4O2. The summed E-state index contributed by atoms with van der Waals surface area (Å²) in [6.07, 6.45) is 9.21. The van der Waals surface area contributed by atoms with Gasteiger partial charge in [0.1, 0.15) is 5.76 Å². The molecule has 0 aliphatic carbocycles. The number of furan rings is 1. The minimum absolute atomic E-state index is 0.000912. The van der Waals surface area contributed by atoms with Gasteiger partial charge < -0.3 is 9.32 Å². The Labute approximate surface area is 110 Å². The molecule has 0 aromatic carbocycles. The van der Waals surface area contributed by atoms with Crippen molar-refractivity contribution < 1.29 is 9.21 Å². The average Bonchev–Trinajstić information content (AvgIpc) is 3.14. The molecule has 1 unspecified atom stereocenters. The van der Waals surface area contributed by atoms with Crippen molar-refractivity contribution in [3.05, 3.63) is 42.6 Å². The van der Waals surface area contributed by atoms with E-state index in [9.17, 15) is 4.79 Å². The van der Waals surface area contributed by atoms with E-state index in [4.69, 9.17) is 4.42 Å². The van der Waals surface area contributed by atoms with Gasteiger partial charge in [-0.05, 0) is 24.6 Å². The molecule has 1 atom stereocenters. The SMILES string of the molecule is O=C(/C=C/c1ccco1)N1CCC(n2ccnn2)C1. The summed E-state index contributed by atoms with van der Waals surface area (Å²) in [5.74, 6) is 0.680. The molecule has 6 nitrogen and oxygen atoms in total.